The summed E-state index contributed by atoms with van der Waals surface area (Å²) < 4.78 is 42.8. The SMILES string of the molecule is CC(C)CNC(=O)[C@@H](C)N(Cc1ccccc1F)C(=O)CN(c1cccc([N+](=O)[O-])c1)S(=O)(=O)c1ccccc1. The first kappa shape index (κ1) is 30.2. The highest BCUT2D eigenvalue weighted by Crippen LogP contribution is 2.27. The van der Waals surface area contributed by atoms with Crippen LogP contribution in [0.4, 0.5) is 15.8 Å². The van der Waals surface area contributed by atoms with E-state index < -0.39 is 45.2 Å². The molecule has 0 saturated heterocycles. The quantitative estimate of drug-likeness (QED) is 0.258. The van der Waals surface area contributed by atoms with E-state index in [1.54, 1.807) is 12.1 Å². The summed E-state index contributed by atoms with van der Waals surface area (Å²) >= 11 is 0. The number of nitro groups is 1. The van der Waals surface area contributed by atoms with Crippen LogP contribution in [0.3, 0.4) is 0 Å². The lowest BCUT2D eigenvalue weighted by Gasteiger charge is -2.32. The first-order valence-corrected chi connectivity index (χ1v) is 14.0. The summed E-state index contributed by atoms with van der Waals surface area (Å²) in [5.74, 6) is -1.76. The molecule has 0 unspecified atom stereocenters. The van der Waals surface area contributed by atoms with Crippen LogP contribution in [-0.4, -0.2) is 49.2 Å². The van der Waals surface area contributed by atoms with Gasteiger partial charge in [0.2, 0.25) is 11.8 Å². The van der Waals surface area contributed by atoms with Gasteiger partial charge in [0, 0.05) is 30.8 Å². The van der Waals surface area contributed by atoms with Crippen molar-refractivity contribution in [1.82, 2.24) is 10.2 Å². The highest BCUT2D eigenvalue weighted by molar-refractivity contribution is 7.92. The van der Waals surface area contributed by atoms with E-state index in [4.69, 9.17) is 0 Å². The summed E-state index contributed by atoms with van der Waals surface area (Å²) in [5.41, 5.74) is -0.357. The molecule has 0 fully saturated rings. The zero-order chi connectivity index (χ0) is 29.4. The fourth-order valence-electron chi connectivity index (χ4n) is 3.86. The van der Waals surface area contributed by atoms with Gasteiger partial charge in [-0.05, 0) is 37.1 Å². The van der Waals surface area contributed by atoms with E-state index in [0.717, 1.165) is 15.3 Å². The maximum atomic E-state index is 14.6. The van der Waals surface area contributed by atoms with Crippen LogP contribution >= 0.6 is 0 Å². The van der Waals surface area contributed by atoms with Gasteiger partial charge in [-0.25, -0.2) is 12.8 Å². The molecule has 0 aliphatic carbocycles. The number of non-ortho nitro benzene ring substituents is 1. The van der Waals surface area contributed by atoms with Gasteiger partial charge in [-0.15, -0.1) is 0 Å². The molecule has 10 nitrogen and oxygen atoms in total. The Kier molecular flexibility index (Phi) is 9.94. The molecule has 0 aliphatic rings. The third-order valence-electron chi connectivity index (χ3n) is 6.09. The Labute approximate surface area is 232 Å². The molecule has 0 spiro atoms. The van der Waals surface area contributed by atoms with E-state index >= 15 is 0 Å². The van der Waals surface area contributed by atoms with Crippen molar-refractivity contribution >= 4 is 33.2 Å². The number of hydrogen-bond donors (Lipinski definition) is 1. The Hall–Kier alpha value is -4.32. The van der Waals surface area contributed by atoms with Gasteiger partial charge < -0.3 is 10.2 Å². The molecule has 0 aliphatic heterocycles. The normalized spacial score (nSPS) is 12.0. The minimum absolute atomic E-state index is 0.117. The predicted octanol–water partition coefficient (Wildman–Crippen LogP) is 4.12. The number of nitrogens with one attached hydrogen (secondary N) is 1. The van der Waals surface area contributed by atoms with Gasteiger partial charge in [0.25, 0.3) is 15.7 Å². The second-order valence-corrected chi connectivity index (χ2v) is 11.4. The average Bonchev–Trinajstić information content (AvgIpc) is 2.94. The van der Waals surface area contributed by atoms with Crippen LogP contribution in [0.2, 0.25) is 0 Å². The molecule has 3 aromatic carbocycles. The lowest BCUT2D eigenvalue weighted by atomic mass is 10.1. The second-order valence-electron chi connectivity index (χ2n) is 9.53. The van der Waals surface area contributed by atoms with E-state index in [-0.39, 0.29) is 34.3 Å². The number of nitrogens with zero attached hydrogens (tertiary/aromatic N) is 3. The maximum Gasteiger partial charge on any atom is 0.271 e. The van der Waals surface area contributed by atoms with Crippen molar-refractivity contribution in [1.29, 1.82) is 0 Å². The van der Waals surface area contributed by atoms with Gasteiger partial charge in [0.1, 0.15) is 18.4 Å². The Bertz CT molecular complexity index is 1470. The lowest BCUT2D eigenvalue weighted by Crippen LogP contribution is -2.51. The van der Waals surface area contributed by atoms with Crippen molar-refractivity contribution in [3.63, 3.8) is 0 Å². The van der Waals surface area contributed by atoms with Gasteiger partial charge >= 0.3 is 0 Å². The highest BCUT2D eigenvalue weighted by Gasteiger charge is 2.33. The summed E-state index contributed by atoms with van der Waals surface area (Å²) in [6.07, 6.45) is 0. The minimum Gasteiger partial charge on any atom is -0.354 e. The molecule has 3 rings (SSSR count). The number of amides is 2. The van der Waals surface area contributed by atoms with Crippen molar-refractivity contribution in [2.45, 2.75) is 38.3 Å². The van der Waals surface area contributed by atoms with Crippen LogP contribution in [0.25, 0.3) is 0 Å². The summed E-state index contributed by atoms with van der Waals surface area (Å²) in [6.45, 7) is 4.51. The predicted molar refractivity (Wildman–Crippen MR) is 148 cm³/mol. The molecule has 1 N–H and O–H groups in total. The van der Waals surface area contributed by atoms with Gasteiger partial charge in [-0.3, -0.25) is 24.0 Å². The largest absolute Gasteiger partial charge is 0.354 e. The molecule has 3 aromatic rings. The Morgan fingerprint density at radius 1 is 0.975 bits per heavy atom. The van der Waals surface area contributed by atoms with E-state index in [9.17, 15) is 32.5 Å². The number of nitro benzene ring substituents is 1. The average molecular weight is 571 g/mol. The number of anilines is 1. The molecular formula is C28H31FN4O6S. The molecule has 0 saturated carbocycles. The van der Waals surface area contributed by atoms with Crippen LogP contribution in [0.1, 0.15) is 26.3 Å². The third-order valence-corrected chi connectivity index (χ3v) is 7.88. The number of halogens is 1. The van der Waals surface area contributed by atoms with Gasteiger partial charge in [0.05, 0.1) is 15.5 Å². The van der Waals surface area contributed by atoms with E-state index in [0.29, 0.717) is 6.54 Å². The fourth-order valence-corrected chi connectivity index (χ4v) is 5.28. The highest BCUT2D eigenvalue weighted by atomic mass is 32.2. The van der Waals surface area contributed by atoms with E-state index in [1.807, 2.05) is 13.8 Å². The number of rotatable bonds is 12. The summed E-state index contributed by atoms with van der Waals surface area (Å²) in [4.78, 5) is 38.5. The molecule has 1 atom stereocenters. The Balaban J connectivity index is 2.05. The molecule has 212 valence electrons. The molecule has 40 heavy (non-hydrogen) atoms. The first-order valence-electron chi connectivity index (χ1n) is 12.5. The number of carbonyl (C=O) groups is 2. The monoisotopic (exact) mass is 570 g/mol. The van der Waals surface area contributed by atoms with Gasteiger partial charge in [-0.2, -0.15) is 0 Å². The van der Waals surface area contributed by atoms with Crippen LogP contribution in [0.5, 0.6) is 0 Å². The van der Waals surface area contributed by atoms with Crippen molar-refractivity contribution in [2.75, 3.05) is 17.4 Å². The molecule has 12 heteroatoms. The molecule has 0 radical (unpaired) electrons. The molecular weight excluding hydrogens is 539 g/mol. The summed E-state index contributed by atoms with van der Waals surface area (Å²) in [5, 5.41) is 14.2. The number of carbonyl (C=O) groups excluding carboxylic acids is 2. The zero-order valence-corrected chi connectivity index (χ0v) is 23.2. The minimum atomic E-state index is -4.38. The van der Waals surface area contributed by atoms with E-state index in [1.165, 1.54) is 67.6 Å². The van der Waals surface area contributed by atoms with Crippen molar-refractivity contribution in [2.24, 2.45) is 5.92 Å². The fraction of sp³-hybridized carbons (Fsp3) is 0.286. The van der Waals surface area contributed by atoms with Gasteiger partial charge in [0.15, 0.2) is 0 Å². The maximum absolute atomic E-state index is 14.6. The molecule has 0 heterocycles. The number of hydrogen-bond acceptors (Lipinski definition) is 6. The van der Waals surface area contributed by atoms with Crippen LogP contribution in [-0.2, 0) is 26.2 Å². The third kappa shape index (κ3) is 7.41. The van der Waals surface area contributed by atoms with Crippen molar-refractivity contribution in [3.8, 4) is 0 Å². The Morgan fingerprint density at radius 2 is 1.62 bits per heavy atom. The summed E-state index contributed by atoms with van der Waals surface area (Å²) in [7, 11) is -4.38. The molecule has 0 aromatic heterocycles. The first-order chi connectivity index (χ1) is 18.9. The van der Waals surface area contributed by atoms with Crippen LogP contribution in [0, 0.1) is 21.8 Å². The number of sulfonamides is 1. The second kappa shape index (κ2) is 13.2. The smallest absolute Gasteiger partial charge is 0.271 e. The van der Waals surface area contributed by atoms with Crippen LogP contribution in [0.15, 0.2) is 83.8 Å². The Morgan fingerprint density at radius 3 is 2.25 bits per heavy atom. The van der Waals surface area contributed by atoms with Crippen molar-refractivity contribution < 1.29 is 27.3 Å². The van der Waals surface area contributed by atoms with Crippen LogP contribution < -0.4 is 9.62 Å². The summed E-state index contributed by atoms with van der Waals surface area (Å²) in [6, 6.07) is 16.9. The topological polar surface area (TPSA) is 130 Å². The van der Waals surface area contributed by atoms with Gasteiger partial charge in [-0.1, -0.05) is 56.3 Å². The molecule has 2 amide bonds. The van der Waals surface area contributed by atoms with Crippen molar-refractivity contribution in [3.05, 3.63) is 100 Å². The van der Waals surface area contributed by atoms with E-state index in [2.05, 4.69) is 5.32 Å². The molecule has 0 bridgehead atoms. The zero-order valence-electron chi connectivity index (χ0n) is 22.4. The standard InChI is InChI=1S/C28H31FN4O6S/c1-20(2)17-30-28(35)21(3)31(18-22-10-7-8-15-26(22)29)27(34)19-32(23-11-9-12-24(16-23)33(36)37)40(38,39)25-13-5-4-6-14-25/h4-16,20-21H,17-19H2,1-3H3,(H,30,35)/t21-/m1/s1. The number of benzene rings is 3. The lowest BCUT2D eigenvalue weighted by molar-refractivity contribution is -0.384.